The van der Waals surface area contributed by atoms with Crippen LogP contribution in [0.25, 0.3) is 16.9 Å². The lowest BCUT2D eigenvalue weighted by Crippen LogP contribution is -2.05. The summed E-state index contributed by atoms with van der Waals surface area (Å²) in [5.74, 6) is 0.695. The van der Waals surface area contributed by atoms with E-state index in [0.717, 1.165) is 16.9 Å². The molecule has 1 aromatic carbocycles. The summed E-state index contributed by atoms with van der Waals surface area (Å²) in [6.45, 7) is 1.84. The lowest BCUT2D eigenvalue weighted by atomic mass is 10.1. The lowest BCUT2D eigenvalue weighted by Gasteiger charge is -2.11. The molecule has 0 aliphatic rings. The Hall–Kier alpha value is -3.74. The smallest absolute Gasteiger partial charge is 0.248 e. The molecule has 4 rings (SSSR count). The van der Waals surface area contributed by atoms with Gasteiger partial charge in [-0.05, 0) is 30.3 Å². The van der Waals surface area contributed by atoms with Crippen LogP contribution >= 0.6 is 0 Å². The number of aromatic amines is 1. The fourth-order valence-electron chi connectivity index (χ4n) is 2.90. The fourth-order valence-corrected chi connectivity index (χ4v) is 2.90. The second kappa shape index (κ2) is 6.87. The van der Waals surface area contributed by atoms with E-state index >= 15 is 0 Å². The molecule has 0 saturated heterocycles. The molecule has 0 aliphatic carbocycles. The Kier molecular flexibility index (Phi) is 4.25. The number of fused-ring (bicyclic) bond motifs is 1. The molecular weight excluding hydrogens is 342 g/mol. The number of ketones is 1. The van der Waals surface area contributed by atoms with E-state index in [0.29, 0.717) is 23.4 Å². The van der Waals surface area contributed by atoms with Crippen molar-refractivity contribution in [1.29, 1.82) is 0 Å². The molecule has 0 amide bonds. The molecule has 0 radical (unpaired) electrons. The zero-order chi connectivity index (χ0) is 18.8. The van der Waals surface area contributed by atoms with E-state index in [-0.39, 0.29) is 11.3 Å². The minimum Gasteiger partial charge on any atom is -0.337 e. The molecule has 7 heteroatoms. The first-order valence-electron chi connectivity index (χ1n) is 8.57. The Balaban J connectivity index is 1.70. The first-order chi connectivity index (χ1) is 13.2. The van der Waals surface area contributed by atoms with Gasteiger partial charge >= 0.3 is 0 Å². The van der Waals surface area contributed by atoms with Crippen molar-refractivity contribution >= 4 is 22.9 Å². The van der Waals surface area contributed by atoms with Gasteiger partial charge in [0.1, 0.15) is 0 Å². The highest BCUT2D eigenvalue weighted by Crippen LogP contribution is 2.24. The molecule has 0 atom stereocenters. The van der Waals surface area contributed by atoms with E-state index < -0.39 is 0 Å². The number of imidazole rings is 1. The summed E-state index contributed by atoms with van der Waals surface area (Å²) in [4.78, 5) is 34.8. The molecule has 0 fully saturated rings. The van der Waals surface area contributed by atoms with Gasteiger partial charge in [-0.3, -0.25) is 14.0 Å². The van der Waals surface area contributed by atoms with Gasteiger partial charge in [0.2, 0.25) is 5.56 Å². The van der Waals surface area contributed by atoms with Crippen LogP contribution in [-0.2, 0) is 0 Å². The maximum atomic E-state index is 11.7. The second-order valence-electron chi connectivity index (χ2n) is 6.03. The second-order valence-corrected chi connectivity index (χ2v) is 6.03. The first kappa shape index (κ1) is 16.7. The summed E-state index contributed by atoms with van der Waals surface area (Å²) in [5, 5.41) is 3.23. The molecule has 134 valence electrons. The maximum Gasteiger partial charge on any atom is 0.248 e. The summed E-state index contributed by atoms with van der Waals surface area (Å²) in [6.07, 6.45) is 7.28. The summed E-state index contributed by atoms with van der Waals surface area (Å²) < 4.78 is 1.87. The fraction of sp³-hybridized carbons (Fsp3) is 0.100. The molecule has 2 N–H and O–H groups in total. The molecule has 0 bridgehead atoms. The van der Waals surface area contributed by atoms with E-state index in [2.05, 4.69) is 20.3 Å². The van der Waals surface area contributed by atoms with Gasteiger partial charge in [0.15, 0.2) is 17.2 Å². The van der Waals surface area contributed by atoms with Crippen LogP contribution in [0.4, 0.5) is 11.5 Å². The van der Waals surface area contributed by atoms with Gasteiger partial charge in [0.25, 0.3) is 0 Å². The number of aromatic nitrogens is 4. The number of benzene rings is 1. The highest BCUT2D eigenvalue weighted by molar-refractivity contribution is 5.96. The third kappa shape index (κ3) is 3.22. The monoisotopic (exact) mass is 359 g/mol. The van der Waals surface area contributed by atoms with Crippen LogP contribution in [-0.4, -0.2) is 25.1 Å². The number of carbonyl (C=O) groups is 1. The van der Waals surface area contributed by atoms with E-state index in [4.69, 9.17) is 0 Å². The van der Waals surface area contributed by atoms with Crippen molar-refractivity contribution in [3.63, 3.8) is 0 Å². The molecule has 0 unspecified atom stereocenters. The van der Waals surface area contributed by atoms with Crippen molar-refractivity contribution in [2.45, 2.75) is 13.3 Å². The van der Waals surface area contributed by atoms with Crippen LogP contribution in [0.15, 0.2) is 66.0 Å². The zero-order valence-corrected chi connectivity index (χ0v) is 14.6. The minimum atomic E-state index is -0.176. The summed E-state index contributed by atoms with van der Waals surface area (Å²) in [6, 6.07) is 10.6. The number of Topliss-reactive ketones (excluding diaryl/α,β-unsaturated/α-hetero) is 1. The maximum absolute atomic E-state index is 11.7. The summed E-state index contributed by atoms with van der Waals surface area (Å²) >= 11 is 0. The number of carbonyl (C=O) groups excluding carboxylic acids is 1. The van der Waals surface area contributed by atoms with Gasteiger partial charge in [-0.25, -0.2) is 9.97 Å². The SMILES string of the molecule is CCC(=O)c1ccc(Nc2ncc(-c3cc[nH]c(=O)c3)n3ccnc23)cc1. The van der Waals surface area contributed by atoms with Crippen LogP contribution in [0, 0.1) is 0 Å². The van der Waals surface area contributed by atoms with Crippen molar-refractivity contribution < 1.29 is 4.79 Å². The molecule has 0 spiro atoms. The van der Waals surface area contributed by atoms with Crippen molar-refractivity contribution in [3.05, 3.63) is 77.1 Å². The lowest BCUT2D eigenvalue weighted by molar-refractivity contribution is 0.0988. The molecule has 0 saturated carbocycles. The Morgan fingerprint density at radius 3 is 2.74 bits per heavy atom. The number of nitrogens with zero attached hydrogens (tertiary/aromatic N) is 3. The molecule has 3 heterocycles. The number of hydrogen-bond acceptors (Lipinski definition) is 5. The summed E-state index contributed by atoms with van der Waals surface area (Å²) in [5.41, 5.74) is 3.48. The number of anilines is 2. The molecule has 7 nitrogen and oxygen atoms in total. The summed E-state index contributed by atoms with van der Waals surface area (Å²) in [7, 11) is 0. The van der Waals surface area contributed by atoms with Crippen LogP contribution in [0.5, 0.6) is 0 Å². The quantitative estimate of drug-likeness (QED) is 0.533. The van der Waals surface area contributed by atoms with E-state index in [1.165, 1.54) is 6.07 Å². The molecule has 4 aromatic rings. The van der Waals surface area contributed by atoms with Crippen molar-refractivity contribution in [2.24, 2.45) is 0 Å². The Morgan fingerprint density at radius 2 is 2.00 bits per heavy atom. The van der Waals surface area contributed by atoms with Crippen LogP contribution < -0.4 is 10.9 Å². The van der Waals surface area contributed by atoms with Gasteiger partial charge < -0.3 is 10.3 Å². The van der Waals surface area contributed by atoms with E-state index in [9.17, 15) is 9.59 Å². The Bertz CT molecular complexity index is 1170. The van der Waals surface area contributed by atoms with Crippen molar-refractivity contribution in [1.82, 2.24) is 19.4 Å². The normalized spacial score (nSPS) is 10.9. The molecule has 3 aromatic heterocycles. The number of pyridine rings is 1. The van der Waals surface area contributed by atoms with Crippen LogP contribution in [0.3, 0.4) is 0 Å². The number of hydrogen-bond donors (Lipinski definition) is 2. The van der Waals surface area contributed by atoms with Gasteiger partial charge in [0, 0.05) is 47.9 Å². The average molecular weight is 359 g/mol. The Morgan fingerprint density at radius 1 is 1.19 bits per heavy atom. The average Bonchev–Trinajstić information content (AvgIpc) is 3.18. The predicted octanol–water partition coefficient (Wildman–Crippen LogP) is 3.42. The third-order valence-corrected chi connectivity index (χ3v) is 4.29. The predicted molar refractivity (Wildman–Crippen MR) is 103 cm³/mol. The largest absolute Gasteiger partial charge is 0.337 e. The van der Waals surface area contributed by atoms with Crippen LogP contribution in [0.1, 0.15) is 23.7 Å². The zero-order valence-electron chi connectivity index (χ0n) is 14.6. The molecule has 27 heavy (non-hydrogen) atoms. The van der Waals surface area contributed by atoms with E-state index in [1.807, 2.05) is 35.7 Å². The van der Waals surface area contributed by atoms with Gasteiger partial charge in [-0.2, -0.15) is 0 Å². The highest BCUT2D eigenvalue weighted by atomic mass is 16.1. The number of H-pyrrole nitrogens is 1. The standard InChI is InChI=1S/C20H17N5O2/c1-2-17(26)13-3-5-15(6-4-13)24-19-20-22-9-10-25(20)16(12-23-19)14-7-8-21-18(27)11-14/h3-12H,2H2,1H3,(H,21,27)(H,23,24). The van der Waals surface area contributed by atoms with Gasteiger partial charge in [-0.1, -0.05) is 6.92 Å². The van der Waals surface area contributed by atoms with Crippen LogP contribution in [0.2, 0.25) is 0 Å². The molecular formula is C20H17N5O2. The van der Waals surface area contributed by atoms with Crippen molar-refractivity contribution in [3.8, 4) is 11.3 Å². The van der Waals surface area contributed by atoms with Gasteiger partial charge in [0.05, 0.1) is 11.9 Å². The van der Waals surface area contributed by atoms with E-state index in [1.54, 1.807) is 30.7 Å². The first-order valence-corrected chi connectivity index (χ1v) is 8.57. The number of rotatable bonds is 5. The highest BCUT2D eigenvalue weighted by Gasteiger charge is 2.11. The van der Waals surface area contributed by atoms with Gasteiger partial charge in [-0.15, -0.1) is 0 Å². The third-order valence-electron chi connectivity index (χ3n) is 4.29. The topological polar surface area (TPSA) is 92.1 Å². The number of nitrogens with one attached hydrogen (secondary N) is 2. The molecule has 0 aliphatic heterocycles. The minimum absolute atomic E-state index is 0.109. The van der Waals surface area contributed by atoms with Crippen molar-refractivity contribution in [2.75, 3.05) is 5.32 Å². The Labute approximate surface area is 154 Å².